The maximum Gasteiger partial charge on any atom is 0.181 e. The monoisotopic (exact) mass is 206 g/mol. The van der Waals surface area contributed by atoms with Crippen LogP contribution in [0.4, 0.5) is 0 Å². The summed E-state index contributed by atoms with van der Waals surface area (Å²) in [5, 5.41) is 17.4. The summed E-state index contributed by atoms with van der Waals surface area (Å²) in [7, 11) is 0. The molecule has 1 rings (SSSR count). The van der Waals surface area contributed by atoms with Crippen molar-refractivity contribution in [1.29, 1.82) is 10.5 Å². The molecule has 1 atom stereocenters. The zero-order valence-corrected chi connectivity index (χ0v) is 8.25. The number of benzene rings is 1. The first-order chi connectivity index (χ1) is 6.67. The first-order valence-corrected chi connectivity index (χ1v) is 4.31. The third kappa shape index (κ3) is 2.39. The average Bonchev–Trinajstić information content (AvgIpc) is 2.18. The van der Waals surface area contributed by atoms with Crippen LogP contribution in [-0.2, 0) is 0 Å². The SMILES string of the molecule is CC(C#N)Oc1ccc(C#N)c(Cl)c1. The van der Waals surface area contributed by atoms with Crippen molar-refractivity contribution in [1.82, 2.24) is 0 Å². The minimum absolute atomic E-state index is 0.329. The largest absolute Gasteiger partial charge is 0.476 e. The van der Waals surface area contributed by atoms with Crippen LogP contribution in [0.3, 0.4) is 0 Å². The van der Waals surface area contributed by atoms with E-state index < -0.39 is 6.10 Å². The van der Waals surface area contributed by atoms with E-state index in [1.807, 2.05) is 12.1 Å². The first kappa shape index (κ1) is 10.4. The van der Waals surface area contributed by atoms with Gasteiger partial charge in [0.1, 0.15) is 17.9 Å². The van der Waals surface area contributed by atoms with E-state index in [2.05, 4.69) is 0 Å². The van der Waals surface area contributed by atoms with Gasteiger partial charge in [0.15, 0.2) is 6.10 Å². The van der Waals surface area contributed by atoms with Gasteiger partial charge < -0.3 is 4.74 Å². The van der Waals surface area contributed by atoms with Crippen molar-refractivity contribution in [3.05, 3.63) is 28.8 Å². The molecule has 0 spiro atoms. The Hall–Kier alpha value is -1.71. The minimum Gasteiger partial charge on any atom is -0.476 e. The van der Waals surface area contributed by atoms with Gasteiger partial charge in [-0.2, -0.15) is 10.5 Å². The van der Waals surface area contributed by atoms with Crippen LogP contribution in [0.25, 0.3) is 0 Å². The van der Waals surface area contributed by atoms with E-state index in [9.17, 15) is 0 Å². The van der Waals surface area contributed by atoms with E-state index in [-0.39, 0.29) is 0 Å². The molecule has 3 nitrogen and oxygen atoms in total. The Kier molecular flexibility index (Phi) is 3.34. The van der Waals surface area contributed by atoms with E-state index >= 15 is 0 Å². The highest BCUT2D eigenvalue weighted by molar-refractivity contribution is 6.31. The smallest absolute Gasteiger partial charge is 0.181 e. The lowest BCUT2D eigenvalue weighted by atomic mass is 10.2. The Labute approximate surface area is 87.1 Å². The summed E-state index contributed by atoms with van der Waals surface area (Å²) >= 11 is 5.77. The predicted octanol–water partition coefficient (Wildman–Crippen LogP) is 2.50. The number of nitrogens with zero attached hydrogens (tertiary/aromatic N) is 2. The normalized spacial score (nSPS) is 11.1. The summed E-state index contributed by atoms with van der Waals surface area (Å²) in [5.41, 5.74) is 0.392. The molecule has 0 aliphatic carbocycles. The third-order valence-corrected chi connectivity index (χ3v) is 1.87. The van der Waals surface area contributed by atoms with Gasteiger partial charge in [-0.15, -0.1) is 0 Å². The Balaban J connectivity index is 2.89. The lowest BCUT2D eigenvalue weighted by Crippen LogP contribution is -2.07. The quantitative estimate of drug-likeness (QED) is 0.747. The molecule has 1 unspecified atom stereocenters. The highest BCUT2D eigenvalue weighted by Crippen LogP contribution is 2.22. The average molecular weight is 207 g/mol. The van der Waals surface area contributed by atoms with Gasteiger partial charge in [0, 0.05) is 6.07 Å². The van der Waals surface area contributed by atoms with Gasteiger partial charge in [0.05, 0.1) is 10.6 Å². The molecule has 0 radical (unpaired) electrons. The molecule has 0 saturated heterocycles. The van der Waals surface area contributed by atoms with E-state index in [1.54, 1.807) is 19.1 Å². The van der Waals surface area contributed by atoms with Gasteiger partial charge in [-0.3, -0.25) is 0 Å². The zero-order chi connectivity index (χ0) is 10.6. The maximum atomic E-state index is 8.61. The van der Waals surface area contributed by atoms with Crippen molar-refractivity contribution in [2.24, 2.45) is 0 Å². The summed E-state index contributed by atoms with van der Waals surface area (Å²) in [6, 6.07) is 8.56. The van der Waals surface area contributed by atoms with Crippen molar-refractivity contribution in [3.8, 4) is 17.9 Å². The van der Waals surface area contributed by atoms with Crippen LogP contribution >= 0.6 is 11.6 Å². The molecule has 1 aromatic rings. The van der Waals surface area contributed by atoms with Gasteiger partial charge in [-0.05, 0) is 19.1 Å². The molecule has 14 heavy (non-hydrogen) atoms. The van der Waals surface area contributed by atoms with Crippen molar-refractivity contribution in [2.45, 2.75) is 13.0 Å². The number of hydrogen-bond acceptors (Lipinski definition) is 3. The zero-order valence-electron chi connectivity index (χ0n) is 7.49. The fraction of sp³-hybridized carbons (Fsp3) is 0.200. The molecule has 0 aliphatic rings. The predicted molar refractivity (Wildman–Crippen MR) is 51.9 cm³/mol. The maximum absolute atomic E-state index is 8.61. The number of nitriles is 2. The topological polar surface area (TPSA) is 56.8 Å². The standard InChI is InChI=1S/C10H7ClN2O/c1-7(5-12)14-9-3-2-8(6-13)10(11)4-9/h2-4,7H,1H3. The molecule has 0 heterocycles. The second kappa shape index (κ2) is 4.50. The van der Waals surface area contributed by atoms with Crippen LogP contribution < -0.4 is 4.74 Å². The van der Waals surface area contributed by atoms with Gasteiger partial charge >= 0.3 is 0 Å². The Morgan fingerprint density at radius 1 is 1.43 bits per heavy atom. The molecule has 0 N–H and O–H groups in total. The molecule has 0 aliphatic heterocycles. The molecular weight excluding hydrogens is 200 g/mol. The van der Waals surface area contributed by atoms with Crippen LogP contribution in [0.2, 0.25) is 5.02 Å². The van der Waals surface area contributed by atoms with Crippen LogP contribution in [0.15, 0.2) is 18.2 Å². The van der Waals surface area contributed by atoms with E-state index in [0.717, 1.165) is 0 Å². The lowest BCUT2D eigenvalue weighted by Gasteiger charge is -2.07. The van der Waals surface area contributed by atoms with Gasteiger partial charge in [-0.25, -0.2) is 0 Å². The minimum atomic E-state index is -0.529. The van der Waals surface area contributed by atoms with Crippen molar-refractivity contribution in [2.75, 3.05) is 0 Å². The summed E-state index contributed by atoms with van der Waals surface area (Å²) in [4.78, 5) is 0. The second-order valence-corrected chi connectivity index (χ2v) is 3.05. The molecular formula is C10H7ClN2O. The van der Waals surface area contributed by atoms with Crippen molar-refractivity contribution < 1.29 is 4.74 Å². The van der Waals surface area contributed by atoms with Gasteiger partial charge in [0.2, 0.25) is 0 Å². The van der Waals surface area contributed by atoms with Crippen LogP contribution in [0, 0.1) is 22.7 Å². The highest BCUT2D eigenvalue weighted by Gasteiger charge is 2.04. The second-order valence-electron chi connectivity index (χ2n) is 2.64. The van der Waals surface area contributed by atoms with Crippen molar-refractivity contribution >= 4 is 11.6 Å². The Morgan fingerprint density at radius 3 is 2.64 bits per heavy atom. The molecule has 1 aromatic carbocycles. The fourth-order valence-corrected chi connectivity index (χ4v) is 1.10. The molecule has 70 valence electrons. The molecule has 0 bridgehead atoms. The lowest BCUT2D eigenvalue weighted by molar-refractivity contribution is 0.276. The van der Waals surface area contributed by atoms with Crippen LogP contribution in [-0.4, -0.2) is 6.10 Å². The highest BCUT2D eigenvalue weighted by atomic mass is 35.5. The molecule has 0 aromatic heterocycles. The third-order valence-electron chi connectivity index (χ3n) is 1.56. The molecule has 0 amide bonds. The first-order valence-electron chi connectivity index (χ1n) is 3.93. The van der Waals surface area contributed by atoms with Gasteiger partial charge in [0.25, 0.3) is 0 Å². The van der Waals surface area contributed by atoms with Crippen LogP contribution in [0.1, 0.15) is 12.5 Å². The summed E-state index contributed by atoms with van der Waals surface area (Å²) in [6.45, 7) is 1.63. The van der Waals surface area contributed by atoms with Crippen LogP contribution in [0.5, 0.6) is 5.75 Å². The summed E-state index contributed by atoms with van der Waals surface area (Å²) in [5.74, 6) is 0.489. The fourth-order valence-electron chi connectivity index (χ4n) is 0.890. The van der Waals surface area contributed by atoms with Gasteiger partial charge in [-0.1, -0.05) is 11.6 Å². The number of ether oxygens (including phenoxy) is 1. The van der Waals surface area contributed by atoms with Crippen molar-refractivity contribution in [3.63, 3.8) is 0 Å². The van der Waals surface area contributed by atoms with E-state index in [4.69, 9.17) is 26.9 Å². The number of halogens is 1. The molecule has 0 fully saturated rings. The number of rotatable bonds is 2. The Bertz CT molecular complexity index is 417. The number of hydrogen-bond donors (Lipinski definition) is 0. The molecule has 0 saturated carbocycles. The van der Waals surface area contributed by atoms with E-state index in [0.29, 0.717) is 16.3 Å². The Morgan fingerprint density at radius 2 is 2.14 bits per heavy atom. The summed E-state index contributed by atoms with van der Waals surface area (Å²) in [6.07, 6.45) is -0.529. The van der Waals surface area contributed by atoms with E-state index in [1.165, 1.54) is 6.07 Å². The molecule has 4 heteroatoms. The summed E-state index contributed by atoms with van der Waals surface area (Å²) < 4.78 is 5.19.